The molecule has 0 aliphatic heterocycles. The summed E-state index contributed by atoms with van der Waals surface area (Å²) >= 11 is 0. The van der Waals surface area contributed by atoms with Crippen molar-refractivity contribution in [1.29, 1.82) is 5.26 Å². The van der Waals surface area contributed by atoms with Gasteiger partial charge in [-0.05, 0) is 13.0 Å². The monoisotopic (exact) mass is 237 g/mol. The number of non-ortho nitro benzene ring substituents is 1. The first kappa shape index (κ1) is 12.6. The highest BCUT2D eigenvalue weighted by atomic mass is 19.1. The topological polar surface area (TPSA) is 96.0 Å². The van der Waals surface area contributed by atoms with Crippen LogP contribution in [0.4, 0.5) is 15.8 Å². The van der Waals surface area contributed by atoms with Gasteiger partial charge in [0.05, 0.1) is 16.7 Å². The van der Waals surface area contributed by atoms with Crippen LogP contribution < -0.4 is 5.32 Å². The number of nitro groups is 1. The molecule has 0 aromatic heterocycles. The summed E-state index contributed by atoms with van der Waals surface area (Å²) in [5.74, 6) is -2.48. The standard InChI is InChI=1S/C10H8FN3O3/c1-6(5-12)10(15)13-9-4-7(14(16)17)2-3-8(9)11/h2-4,6H,1H3,(H,13,15). The average Bonchev–Trinajstić information content (AvgIpc) is 2.30. The number of nitrogens with one attached hydrogen (secondary N) is 1. The van der Waals surface area contributed by atoms with Crippen LogP contribution in [-0.4, -0.2) is 10.8 Å². The third kappa shape index (κ3) is 2.98. The first-order chi connectivity index (χ1) is 7.95. The zero-order valence-corrected chi connectivity index (χ0v) is 8.81. The Morgan fingerprint density at radius 1 is 1.65 bits per heavy atom. The number of halogens is 1. The Morgan fingerprint density at radius 2 is 2.29 bits per heavy atom. The van der Waals surface area contributed by atoms with Gasteiger partial charge < -0.3 is 5.32 Å². The lowest BCUT2D eigenvalue weighted by atomic mass is 10.2. The SMILES string of the molecule is CC(C#N)C(=O)Nc1cc([N+](=O)[O-])ccc1F. The van der Waals surface area contributed by atoms with Gasteiger partial charge in [-0.3, -0.25) is 14.9 Å². The maximum Gasteiger partial charge on any atom is 0.271 e. The molecular formula is C10H8FN3O3. The van der Waals surface area contributed by atoms with Gasteiger partial charge in [0.1, 0.15) is 11.7 Å². The number of nitro benzene ring substituents is 1. The third-order valence-electron chi connectivity index (χ3n) is 2.01. The molecule has 0 bridgehead atoms. The number of anilines is 1. The summed E-state index contributed by atoms with van der Waals surface area (Å²) in [6.45, 7) is 1.34. The van der Waals surface area contributed by atoms with E-state index in [9.17, 15) is 19.3 Å². The Balaban J connectivity index is 2.99. The predicted molar refractivity (Wildman–Crippen MR) is 56.5 cm³/mol. The largest absolute Gasteiger partial charge is 0.322 e. The van der Waals surface area contributed by atoms with Gasteiger partial charge in [-0.2, -0.15) is 5.26 Å². The van der Waals surface area contributed by atoms with E-state index in [1.165, 1.54) is 6.92 Å². The number of hydrogen-bond donors (Lipinski definition) is 1. The van der Waals surface area contributed by atoms with Crippen LogP contribution in [0.1, 0.15) is 6.92 Å². The molecule has 0 aliphatic rings. The Labute approximate surface area is 95.8 Å². The fourth-order valence-corrected chi connectivity index (χ4v) is 1.02. The number of amides is 1. The first-order valence-corrected chi connectivity index (χ1v) is 4.60. The molecule has 1 aromatic rings. The van der Waals surface area contributed by atoms with Crippen LogP contribution in [0.2, 0.25) is 0 Å². The van der Waals surface area contributed by atoms with Crippen LogP contribution in [0.3, 0.4) is 0 Å². The van der Waals surface area contributed by atoms with Gasteiger partial charge >= 0.3 is 0 Å². The minimum absolute atomic E-state index is 0.314. The van der Waals surface area contributed by atoms with Crippen LogP contribution in [0.5, 0.6) is 0 Å². The molecular weight excluding hydrogens is 229 g/mol. The van der Waals surface area contributed by atoms with E-state index in [0.717, 1.165) is 18.2 Å². The molecule has 0 radical (unpaired) electrons. The molecule has 1 atom stereocenters. The molecule has 7 heteroatoms. The third-order valence-corrected chi connectivity index (χ3v) is 2.01. The van der Waals surface area contributed by atoms with E-state index >= 15 is 0 Å². The van der Waals surface area contributed by atoms with E-state index in [-0.39, 0.29) is 11.4 Å². The Kier molecular flexibility index (Phi) is 3.72. The van der Waals surface area contributed by atoms with E-state index in [2.05, 4.69) is 5.32 Å². The van der Waals surface area contributed by atoms with E-state index < -0.39 is 22.6 Å². The molecule has 0 fully saturated rings. The van der Waals surface area contributed by atoms with Gasteiger partial charge in [0.25, 0.3) is 5.69 Å². The second-order valence-corrected chi connectivity index (χ2v) is 3.26. The Morgan fingerprint density at radius 3 is 2.82 bits per heavy atom. The van der Waals surface area contributed by atoms with E-state index in [1.54, 1.807) is 6.07 Å². The van der Waals surface area contributed by atoms with Gasteiger partial charge in [-0.1, -0.05) is 0 Å². The van der Waals surface area contributed by atoms with Crippen molar-refractivity contribution >= 4 is 17.3 Å². The average molecular weight is 237 g/mol. The summed E-state index contributed by atoms with van der Waals surface area (Å²) in [6.07, 6.45) is 0. The quantitative estimate of drug-likeness (QED) is 0.640. The molecule has 0 heterocycles. The van der Waals surface area contributed by atoms with Crippen LogP contribution in [-0.2, 0) is 4.79 Å². The van der Waals surface area contributed by atoms with Crippen molar-refractivity contribution in [1.82, 2.24) is 0 Å². The van der Waals surface area contributed by atoms with Crippen molar-refractivity contribution < 1.29 is 14.1 Å². The summed E-state index contributed by atoms with van der Waals surface area (Å²) in [5.41, 5.74) is -0.655. The second kappa shape index (κ2) is 5.03. The lowest BCUT2D eigenvalue weighted by Crippen LogP contribution is -2.19. The second-order valence-electron chi connectivity index (χ2n) is 3.26. The van der Waals surface area contributed by atoms with Crippen LogP contribution >= 0.6 is 0 Å². The van der Waals surface area contributed by atoms with E-state index in [1.807, 2.05) is 0 Å². The van der Waals surface area contributed by atoms with Crippen molar-refractivity contribution in [3.8, 4) is 6.07 Å². The summed E-state index contributed by atoms with van der Waals surface area (Å²) in [7, 11) is 0. The first-order valence-electron chi connectivity index (χ1n) is 4.60. The number of nitrogens with zero attached hydrogens (tertiary/aromatic N) is 2. The van der Waals surface area contributed by atoms with Crippen LogP contribution in [0, 0.1) is 33.2 Å². The Hall–Kier alpha value is -2.49. The number of carbonyl (C=O) groups excluding carboxylic acids is 1. The molecule has 0 saturated carbocycles. The van der Waals surface area contributed by atoms with Crippen molar-refractivity contribution in [2.75, 3.05) is 5.32 Å². The molecule has 0 saturated heterocycles. The molecule has 17 heavy (non-hydrogen) atoms. The Bertz CT molecular complexity index is 510. The van der Waals surface area contributed by atoms with Crippen molar-refractivity contribution in [3.63, 3.8) is 0 Å². The maximum atomic E-state index is 13.2. The van der Waals surface area contributed by atoms with E-state index in [0.29, 0.717) is 0 Å². The smallest absolute Gasteiger partial charge is 0.271 e. The lowest BCUT2D eigenvalue weighted by Gasteiger charge is -2.06. The number of nitriles is 1. The fraction of sp³-hybridized carbons (Fsp3) is 0.200. The van der Waals surface area contributed by atoms with Gasteiger partial charge in [0.15, 0.2) is 0 Å². The van der Waals surface area contributed by atoms with E-state index in [4.69, 9.17) is 5.26 Å². The molecule has 1 rings (SSSR count). The minimum atomic E-state index is -0.964. The number of benzene rings is 1. The zero-order valence-electron chi connectivity index (χ0n) is 8.81. The summed E-state index contributed by atoms with van der Waals surface area (Å²) in [5, 5.41) is 21.1. The van der Waals surface area contributed by atoms with Crippen LogP contribution in [0.15, 0.2) is 18.2 Å². The molecule has 1 unspecified atom stereocenters. The normalized spacial score (nSPS) is 11.4. The van der Waals surface area contributed by atoms with Gasteiger partial charge in [0.2, 0.25) is 5.91 Å². The summed E-state index contributed by atoms with van der Waals surface area (Å²) in [6, 6.07) is 4.44. The predicted octanol–water partition coefficient (Wildman–Crippen LogP) is 1.83. The van der Waals surface area contributed by atoms with Crippen molar-refractivity contribution in [2.45, 2.75) is 6.92 Å². The minimum Gasteiger partial charge on any atom is -0.322 e. The highest BCUT2D eigenvalue weighted by molar-refractivity contribution is 5.94. The lowest BCUT2D eigenvalue weighted by molar-refractivity contribution is -0.384. The molecule has 1 N–H and O–H groups in total. The maximum absolute atomic E-state index is 13.2. The molecule has 0 aliphatic carbocycles. The zero-order chi connectivity index (χ0) is 13.0. The number of hydrogen-bond acceptors (Lipinski definition) is 4. The van der Waals surface area contributed by atoms with Crippen molar-refractivity contribution in [2.24, 2.45) is 5.92 Å². The van der Waals surface area contributed by atoms with Crippen LogP contribution in [0.25, 0.3) is 0 Å². The molecule has 1 amide bonds. The van der Waals surface area contributed by atoms with Gasteiger partial charge in [-0.15, -0.1) is 0 Å². The number of carbonyl (C=O) groups is 1. The van der Waals surface area contributed by atoms with Gasteiger partial charge in [0, 0.05) is 12.1 Å². The summed E-state index contributed by atoms with van der Waals surface area (Å²) in [4.78, 5) is 21.1. The molecule has 88 valence electrons. The van der Waals surface area contributed by atoms with Gasteiger partial charge in [-0.25, -0.2) is 4.39 Å². The highest BCUT2D eigenvalue weighted by Crippen LogP contribution is 2.21. The van der Waals surface area contributed by atoms with Crippen molar-refractivity contribution in [3.05, 3.63) is 34.1 Å². The number of rotatable bonds is 3. The summed E-state index contributed by atoms with van der Waals surface area (Å²) < 4.78 is 13.2. The molecule has 6 nitrogen and oxygen atoms in total. The highest BCUT2D eigenvalue weighted by Gasteiger charge is 2.16. The fourth-order valence-electron chi connectivity index (χ4n) is 1.02. The molecule has 0 spiro atoms. The molecule has 1 aromatic carbocycles.